The molecule has 0 aliphatic carbocycles. The molecular formula is C18H32ClN5O2. The number of hydrogen-bond donors (Lipinski definition) is 1. The van der Waals surface area contributed by atoms with E-state index >= 15 is 0 Å². The smallest absolute Gasteiger partial charge is 0.220 e. The molecule has 0 aromatic carbocycles. The largest absolute Gasteiger partial charge is 0.381 e. The standard InChI is InChI=1S/C18H31N5O2.ClH/c1-14(2)16-10-22(15-5-8-25-9-6-15)11-17(16)21-18(24)4-3-7-23-13-19-12-20-23;/h12-17H,3-11H2,1-2H3,(H,21,24);1H/t16-,17+;/m1./s1. The Labute approximate surface area is 162 Å². The third-order valence-electron chi connectivity index (χ3n) is 5.56. The van der Waals surface area contributed by atoms with Gasteiger partial charge in [-0.1, -0.05) is 13.8 Å². The van der Waals surface area contributed by atoms with Gasteiger partial charge in [0.1, 0.15) is 12.7 Å². The van der Waals surface area contributed by atoms with Crippen LogP contribution in [0.3, 0.4) is 0 Å². The van der Waals surface area contributed by atoms with Crippen molar-refractivity contribution < 1.29 is 9.53 Å². The number of carbonyl (C=O) groups is 1. The second-order valence-electron chi connectivity index (χ2n) is 7.64. The molecule has 2 atom stereocenters. The highest BCUT2D eigenvalue weighted by molar-refractivity contribution is 5.85. The minimum absolute atomic E-state index is 0. The lowest BCUT2D eigenvalue weighted by molar-refractivity contribution is -0.122. The minimum atomic E-state index is 0. The van der Waals surface area contributed by atoms with Gasteiger partial charge in [-0.2, -0.15) is 5.10 Å². The lowest BCUT2D eigenvalue weighted by Gasteiger charge is -2.31. The summed E-state index contributed by atoms with van der Waals surface area (Å²) in [5.74, 6) is 1.26. The Bertz CT molecular complexity index is 534. The number of amides is 1. The summed E-state index contributed by atoms with van der Waals surface area (Å²) in [5, 5.41) is 7.37. The molecule has 3 rings (SSSR count). The SMILES string of the molecule is CC(C)[C@H]1CN(C2CCOCC2)C[C@@H]1NC(=O)CCCn1cncn1.Cl. The van der Waals surface area contributed by atoms with Crippen LogP contribution in [0.15, 0.2) is 12.7 Å². The van der Waals surface area contributed by atoms with E-state index in [1.165, 1.54) is 6.33 Å². The average Bonchev–Trinajstić information content (AvgIpc) is 3.25. The van der Waals surface area contributed by atoms with Crippen molar-refractivity contribution in [3.05, 3.63) is 12.7 Å². The molecule has 148 valence electrons. The first kappa shape index (κ1) is 21.1. The highest BCUT2D eigenvalue weighted by Crippen LogP contribution is 2.28. The van der Waals surface area contributed by atoms with Crippen LogP contribution in [0.25, 0.3) is 0 Å². The molecule has 2 aliphatic rings. The van der Waals surface area contributed by atoms with Crippen molar-refractivity contribution in [1.29, 1.82) is 0 Å². The first-order chi connectivity index (χ1) is 12.1. The van der Waals surface area contributed by atoms with Gasteiger partial charge in [-0.15, -0.1) is 12.4 Å². The molecule has 0 spiro atoms. The topological polar surface area (TPSA) is 72.3 Å². The summed E-state index contributed by atoms with van der Waals surface area (Å²) in [5.41, 5.74) is 0. The van der Waals surface area contributed by atoms with Crippen molar-refractivity contribution in [3.63, 3.8) is 0 Å². The number of rotatable bonds is 7. The maximum Gasteiger partial charge on any atom is 0.220 e. The summed E-state index contributed by atoms with van der Waals surface area (Å²) in [7, 11) is 0. The van der Waals surface area contributed by atoms with E-state index < -0.39 is 0 Å². The number of hydrogen-bond acceptors (Lipinski definition) is 5. The van der Waals surface area contributed by atoms with E-state index in [-0.39, 0.29) is 24.4 Å². The van der Waals surface area contributed by atoms with Crippen molar-refractivity contribution >= 4 is 18.3 Å². The summed E-state index contributed by atoms with van der Waals surface area (Å²) in [6.07, 6.45) is 6.77. The van der Waals surface area contributed by atoms with Gasteiger partial charge in [0.2, 0.25) is 5.91 Å². The maximum atomic E-state index is 12.4. The van der Waals surface area contributed by atoms with Crippen molar-refractivity contribution in [2.24, 2.45) is 11.8 Å². The van der Waals surface area contributed by atoms with Gasteiger partial charge < -0.3 is 10.1 Å². The van der Waals surface area contributed by atoms with Crippen LogP contribution in [0.5, 0.6) is 0 Å². The zero-order valence-electron chi connectivity index (χ0n) is 15.8. The molecule has 1 amide bonds. The lowest BCUT2D eigenvalue weighted by Crippen LogP contribution is -2.43. The Balaban J connectivity index is 0.00000243. The molecule has 3 heterocycles. The molecule has 1 aromatic rings. The number of ether oxygens (including phenoxy) is 1. The molecule has 0 radical (unpaired) electrons. The van der Waals surface area contributed by atoms with Crippen LogP contribution in [0.4, 0.5) is 0 Å². The number of likely N-dealkylation sites (tertiary alicyclic amines) is 1. The van der Waals surface area contributed by atoms with E-state index in [0.29, 0.717) is 24.3 Å². The van der Waals surface area contributed by atoms with Crippen LogP contribution in [0.1, 0.15) is 39.5 Å². The molecular weight excluding hydrogens is 354 g/mol. The molecule has 7 nitrogen and oxygen atoms in total. The summed E-state index contributed by atoms with van der Waals surface area (Å²) in [6.45, 7) is 9.07. The number of aryl methyl sites for hydroxylation is 1. The van der Waals surface area contributed by atoms with Gasteiger partial charge in [-0.05, 0) is 31.1 Å². The van der Waals surface area contributed by atoms with Crippen molar-refractivity contribution in [2.45, 2.75) is 58.2 Å². The molecule has 8 heteroatoms. The summed E-state index contributed by atoms with van der Waals surface area (Å²) in [4.78, 5) is 18.9. The van der Waals surface area contributed by atoms with Gasteiger partial charge in [0.15, 0.2) is 0 Å². The van der Waals surface area contributed by atoms with Gasteiger partial charge in [-0.25, -0.2) is 4.98 Å². The average molecular weight is 386 g/mol. The summed E-state index contributed by atoms with van der Waals surface area (Å²) in [6, 6.07) is 0.880. The maximum absolute atomic E-state index is 12.4. The second-order valence-corrected chi connectivity index (χ2v) is 7.64. The predicted molar refractivity (Wildman–Crippen MR) is 102 cm³/mol. The monoisotopic (exact) mass is 385 g/mol. The lowest BCUT2D eigenvalue weighted by atomic mass is 9.91. The summed E-state index contributed by atoms with van der Waals surface area (Å²) >= 11 is 0. The Hall–Kier alpha value is -1.18. The number of halogens is 1. The quantitative estimate of drug-likeness (QED) is 0.773. The number of nitrogens with zero attached hydrogens (tertiary/aromatic N) is 4. The van der Waals surface area contributed by atoms with Gasteiger partial charge in [0.25, 0.3) is 0 Å². The third kappa shape index (κ3) is 5.66. The number of aromatic nitrogens is 3. The summed E-state index contributed by atoms with van der Waals surface area (Å²) < 4.78 is 7.26. The van der Waals surface area contributed by atoms with Crippen molar-refractivity contribution in [3.8, 4) is 0 Å². The first-order valence-electron chi connectivity index (χ1n) is 9.57. The molecule has 1 aromatic heterocycles. The van der Waals surface area contributed by atoms with Crippen LogP contribution in [0, 0.1) is 11.8 Å². The highest BCUT2D eigenvalue weighted by atomic mass is 35.5. The van der Waals surface area contributed by atoms with Crippen LogP contribution < -0.4 is 5.32 Å². The molecule has 0 unspecified atom stereocenters. The fourth-order valence-corrected chi connectivity index (χ4v) is 4.07. The normalized spacial score (nSPS) is 24.6. The molecule has 0 saturated carbocycles. The van der Waals surface area contributed by atoms with Crippen LogP contribution >= 0.6 is 12.4 Å². The van der Waals surface area contributed by atoms with Crippen molar-refractivity contribution in [1.82, 2.24) is 25.0 Å². The molecule has 2 aliphatic heterocycles. The zero-order valence-corrected chi connectivity index (χ0v) is 16.7. The molecule has 2 saturated heterocycles. The number of nitrogens with one attached hydrogen (secondary N) is 1. The van der Waals surface area contributed by atoms with E-state index in [0.717, 1.165) is 52.1 Å². The number of carbonyl (C=O) groups excluding carboxylic acids is 1. The van der Waals surface area contributed by atoms with E-state index in [4.69, 9.17) is 4.74 Å². The Morgan fingerprint density at radius 3 is 2.73 bits per heavy atom. The highest BCUT2D eigenvalue weighted by Gasteiger charge is 2.38. The zero-order chi connectivity index (χ0) is 17.6. The van der Waals surface area contributed by atoms with Gasteiger partial charge in [0, 0.05) is 51.4 Å². The molecule has 0 bridgehead atoms. The Morgan fingerprint density at radius 1 is 1.31 bits per heavy atom. The molecule has 26 heavy (non-hydrogen) atoms. The van der Waals surface area contributed by atoms with E-state index in [9.17, 15) is 4.79 Å². The molecule has 2 fully saturated rings. The Morgan fingerprint density at radius 2 is 2.08 bits per heavy atom. The second kappa shape index (κ2) is 10.2. The van der Waals surface area contributed by atoms with Crippen molar-refractivity contribution in [2.75, 3.05) is 26.3 Å². The van der Waals surface area contributed by atoms with E-state index in [1.807, 2.05) is 0 Å². The minimum Gasteiger partial charge on any atom is -0.381 e. The van der Waals surface area contributed by atoms with Gasteiger partial charge in [-0.3, -0.25) is 14.4 Å². The predicted octanol–water partition coefficient (Wildman–Crippen LogP) is 1.73. The van der Waals surface area contributed by atoms with E-state index in [1.54, 1.807) is 11.0 Å². The molecule has 1 N–H and O–H groups in total. The van der Waals surface area contributed by atoms with Gasteiger partial charge >= 0.3 is 0 Å². The van der Waals surface area contributed by atoms with Gasteiger partial charge in [0.05, 0.1) is 0 Å². The van der Waals surface area contributed by atoms with Crippen LogP contribution in [0.2, 0.25) is 0 Å². The fraction of sp³-hybridized carbons (Fsp3) is 0.833. The van der Waals surface area contributed by atoms with Crippen LogP contribution in [-0.4, -0.2) is 64.0 Å². The first-order valence-corrected chi connectivity index (χ1v) is 9.57. The van der Waals surface area contributed by atoms with E-state index in [2.05, 4.69) is 34.1 Å². The fourth-order valence-electron chi connectivity index (χ4n) is 4.07. The van der Waals surface area contributed by atoms with Crippen LogP contribution in [-0.2, 0) is 16.1 Å². The Kier molecular flexibility index (Phi) is 8.31. The third-order valence-corrected chi connectivity index (χ3v) is 5.56.